The number of carbonyl (C=O) groups is 3. The molecule has 1 heterocycles. The van der Waals surface area contributed by atoms with Crippen LogP contribution < -0.4 is 15.0 Å². The second-order valence-electron chi connectivity index (χ2n) is 5.71. The number of carboxylic acids is 1. The first-order valence-corrected chi connectivity index (χ1v) is 7.74. The summed E-state index contributed by atoms with van der Waals surface area (Å²) in [6.45, 7) is 0. The van der Waals surface area contributed by atoms with Gasteiger partial charge in [0.1, 0.15) is 23.1 Å². The molecule has 26 heavy (non-hydrogen) atoms. The number of nitrogens with one attached hydrogen (secondary N) is 1. The van der Waals surface area contributed by atoms with Gasteiger partial charge in [0.15, 0.2) is 0 Å². The van der Waals surface area contributed by atoms with Crippen LogP contribution in [0, 0.1) is 0 Å². The van der Waals surface area contributed by atoms with E-state index >= 15 is 0 Å². The largest absolute Gasteiger partial charge is 0.507 e. The van der Waals surface area contributed by atoms with Gasteiger partial charge in [-0.1, -0.05) is 6.07 Å². The smallest absolute Gasteiger partial charge is 0.339 e. The van der Waals surface area contributed by atoms with Gasteiger partial charge in [0.05, 0.1) is 19.2 Å². The van der Waals surface area contributed by atoms with Gasteiger partial charge < -0.3 is 20.3 Å². The lowest BCUT2D eigenvalue weighted by atomic mass is 10.1. The number of aromatic carboxylic acids is 1. The maximum absolute atomic E-state index is 12.6. The van der Waals surface area contributed by atoms with Gasteiger partial charge in [-0.15, -0.1) is 0 Å². The number of methoxy groups -OCH3 is 1. The maximum atomic E-state index is 12.6. The number of benzene rings is 2. The van der Waals surface area contributed by atoms with Gasteiger partial charge in [-0.3, -0.25) is 9.59 Å². The Kier molecular flexibility index (Phi) is 4.49. The molecule has 1 aliphatic rings. The molecule has 1 unspecified atom stereocenters. The Morgan fingerprint density at radius 1 is 1.23 bits per heavy atom. The predicted molar refractivity (Wildman–Crippen MR) is 92.6 cm³/mol. The fraction of sp³-hybridized carbons (Fsp3) is 0.167. The lowest BCUT2D eigenvalue weighted by molar-refractivity contribution is -0.121. The normalized spacial score (nSPS) is 16.7. The molecule has 0 radical (unpaired) electrons. The molecule has 134 valence electrons. The van der Waals surface area contributed by atoms with Crippen LogP contribution in [-0.2, 0) is 9.59 Å². The standard InChI is InChI=1S/C18H16N2O6/c1-26-12-4-2-3-10(7-12)19-14-9-16(22)20(17(14)23)11-5-6-15(21)13(8-11)18(24)25/h2-8,14,19,21H,9H2,1H3,(H,24,25). The number of anilines is 2. The van der Waals surface area contributed by atoms with Crippen molar-refractivity contribution in [2.45, 2.75) is 12.5 Å². The van der Waals surface area contributed by atoms with Gasteiger partial charge >= 0.3 is 5.97 Å². The number of imide groups is 1. The molecule has 0 aromatic heterocycles. The van der Waals surface area contributed by atoms with Crippen LogP contribution in [0.15, 0.2) is 42.5 Å². The molecule has 3 N–H and O–H groups in total. The first-order valence-electron chi connectivity index (χ1n) is 7.74. The van der Waals surface area contributed by atoms with E-state index < -0.39 is 29.6 Å². The van der Waals surface area contributed by atoms with Crippen LogP contribution in [0.25, 0.3) is 0 Å². The van der Waals surface area contributed by atoms with Crippen LogP contribution in [0.1, 0.15) is 16.8 Å². The van der Waals surface area contributed by atoms with E-state index in [1.165, 1.54) is 13.2 Å². The summed E-state index contributed by atoms with van der Waals surface area (Å²) in [5.74, 6) is -2.15. The van der Waals surface area contributed by atoms with Crippen molar-refractivity contribution in [2.24, 2.45) is 0 Å². The van der Waals surface area contributed by atoms with Crippen molar-refractivity contribution in [2.75, 3.05) is 17.3 Å². The summed E-state index contributed by atoms with van der Waals surface area (Å²) >= 11 is 0. The zero-order chi connectivity index (χ0) is 18.8. The van der Waals surface area contributed by atoms with Gasteiger partial charge in [-0.25, -0.2) is 9.69 Å². The number of hydrogen-bond acceptors (Lipinski definition) is 6. The lowest BCUT2D eigenvalue weighted by Gasteiger charge is -2.17. The second-order valence-corrected chi connectivity index (χ2v) is 5.71. The number of phenols is 1. The Morgan fingerprint density at radius 2 is 2.00 bits per heavy atom. The molecule has 1 saturated heterocycles. The maximum Gasteiger partial charge on any atom is 0.339 e. The van der Waals surface area contributed by atoms with Crippen molar-refractivity contribution < 1.29 is 29.3 Å². The predicted octanol–water partition coefficient (Wildman–Crippen LogP) is 1.84. The van der Waals surface area contributed by atoms with E-state index in [1.807, 2.05) is 0 Å². The lowest BCUT2D eigenvalue weighted by Crippen LogP contribution is -2.34. The van der Waals surface area contributed by atoms with E-state index in [0.717, 1.165) is 17.0 Å². The molecule has 1 atom stereocenters. The highest BCUT2D eigenvalue weighted by molar-refractivity contribution is 6.23. The molecule has 2 amide bonds. The molecule has 0 spiro atoms. The van der Waals surface area contributed by atoms with Gasteiger partial charge in [-0.05, 0) is 30.3 Å². The zero-order valence-electron chi connectivity index (χ0n) is 13.8. The Bertz CT molecular complexity index is 895. The summed E-state index contributed by atoms with van der Waals surface area (Å²) in [6.07, 6.45) is -0.0701. The molecule has 0 bridgehead atoms. The Balaban J connectivity index is 1.85. The van der Waals surface area contributed by atoms with Crippen molar-refractivity contribution in [3.8, 4) is 11.5 Å². The van der Waals surface area contributed by atoms with Gasteiger partial charge in [0.25, 0.3) is 5.91 Å². The number of rotatable bonds is 5. The van der Waals surface area contributed by atoms with E-state index in [1.54, 1.807) is 24.3 Å². The van der Waals surface area contributed by atoms with E-state index in [9.17, 15) is 19.5 Å². The van der Waals surface area contributed by atoms with E-state index in [2.05, 4.69) is 5.32 Å². The Morgan fingerprint density at radius 3 is 2.69 bits per heavy atom. The third-order valence-corrected chi connectivity index (χ3v) is 4.03. The number of carboxylic acid groups (broad SMARTS) is 1. The molecule has 8 heteroatoms. The summed E-state index contributed by atoms with van der Waals surface area (Å²) in [4.78, 5) is 37.0. The van der Waals surface area contributed by atoms with Crippen LogP contribution in [0.2, 0.25) is 0 Å². The average molecular weight is 356 g/mol. The van der Waals surface area contributed by atoms with Crippen LogP contribution in [-0.4, -0.2) is 41.1 Å². The summed E-state index contributed by atoms with van der Waals surface area (Å²) in [7, 11) is 1.52. The zero-order valence-corrected chi connectivity index (χ0v) is 13.8. The third-order valence-electron chi connectivity index (χ3n) is 4.03. The molecule has 1 aliphatic heterocycles. The molecule has 8 nitrogen and oxygen atoms in total. The van der Waals surface area contributed by atoms with Crippen LogP contribution >= 0.6 is 0 Å². The number of carbonyl (C=O) groups excluding carboxylic acids is 2. The summed E-state index contributed by atoms with van der Waals surface area (Å²) < 4.78 is 5.12. The van der Waals surface area contributed by atoms with Gasteiger partial charge in [0.2, 0.25) is 5.91 Å². The highest BCUT2D eigenvalue weighted by Crippen LogP contribution is 2.29. The molecule has 0 aliphatic carbocycles. The Hall–Kier alpha value is -3.55. The molecule has 3 rings (SSSR count). The highest BCUT2D eigenvalue weighted by atomic mass is 16.5. The summed E-state index contributed by atoms with van der Waals surface area (Å²) in [6, 6.07) is 9.73. The highest BCUT2D eigenvalue weighted by Gasteiger charge is 2.40. The molecule has 0 saturated carbocycles. The summed E-state index contributed by atoms with van der Waals surface area (Å²) in [5.41, 5.74) is 0.340. The van der Waals surface area contributed by atoms with Crippen molar-refractivity contribution in [1.82, 2.24) is 0 Å². The topological polar surface area (TPSA) is 116 Å². The number of aromatic hydroxyl groups is 1. The fourth-order valence-electron chi connectivity index (χ4n) is 2.76. The molecule has 1 fully saturated rings. The van der Waals surface area contributed by atoms with Crippen LogP contribution in [0.3, 0.4) is 0 Å². The minimum Gasteiger partial charge on any atom is -0.507 e. The van der Waals surface area contributed by atoms with Crippen molar-refractivity contribution in [1.29, 1.82) is 0 Å². The van der Waals surface area contributed by atoms with Crippen LogP contribution in [0.4, 0.5) is 11.4 Å². The molecular formula is C18H16N2O6. The fourth-order valence-corrected chi connectivity index (χ4v) is 2.76. The number of nitrogens with zero attached hydrogens (tertiary/aromatic N) is 1. The molecular weight excluding hydrogens is 340 g/mol. The van der Waals surface area contributed by atoms with Crippen molar-refractivity contribution in [3.63, 3.8) is 0 Å². The van der Waals surface area contributed by atoms with Crippen LogP contribution in [0.5, 0.6) is 11.5 Å². The molecule has 2 aromatic carbocycles. The van der Waals surface area contributed by atoms with Crippen molar-refractivity contribution in [3.05, 3.63) is 48.0 Å². The monoisotopic (exact) mass is 356 g/mol. The van der Waals surface area contributed by atoms with Gasteiger partial charge in [-0.2, -0.15) is 0 Å². The number of ether oxygens (including phenoxy) is 1. The first kappa shape index (κ1) is 17.3. The number of amides is 2. The SMILES string of the molecule is COc1cccc(NC2CC(=O)N(c3ccc(O)c(C(=O)O)c3)C2=O)c1. The molecule has 2 aromatic rings. The minimum absolute atomic E-state index is 0.0701. The first-order chi connectivity index (χ1) is 12.4. The minimum atomic E-state index is -1.35. The second kappa shape index (κ2) is 6.75. The van der Waals surface area contributed by atoms with Crippen molar-refractivity contribution >= 4 is 29.2 Å². The third kappa shape index (κ3) is 3.16. The Labute approximate surface area is 148 Å². The number of hydrogen-bond donors (Lipinski definition) is 3. The van der Waals surface area contributed by atoms with Gasteiger partial charge in [0, 0.05) is 11.8 Å². The average Bonchev–Trinajstić information content (AvgIpc) is 2.89. The van der Waals surface area contributed by atoms with E-state index in [0.29, 0.717) is 11.4 Å². The quantitative estimate of drug-likeness (QED) is 0.700. The van der Waals surface area contributed by atoms with E-state index in [4.69, 9.17) is 9.84 Å². The summed E-state index contributed by atoms with van der Waals surface area (Å²) in [5, 5.41) is 21.7. The van der Waals surface area contributed by atoms with E-state index in [-0.39, 0.29) is 17.7 Å².